The average molecular weight is 223 g/mol. The summed E-state index contributed by atoms with van der Waals surface area (Å²) >= 11 is -0.208. The molecule has 0 saturated heterocycles. The Hall–Kier alpha value is -0.794. The van der Waals surface area contributed by atoms with Gasteiger partial charge in [0.2, 0.25) is 0 Å². The van der Waals surface area contributed by atoms with Crippen LogP contribution in [0.5, 0.6) is 0 Å². The molecule has 0 unspecified atom stereocenters. The van der Waals surface area contributed by atoms with Crippen molar-refractivity contribution in [3.63, 3.8) is 0 Å². The summed E-state index contributed by atoms with van der Waals surface area (Å²) in [5.74, 6) is 0. The second-order valence-corrected chi connectivity index (χ2v) is 6.46. The molecular formula is C12H9Ga. The van der Waals surface area contributed by atoms with Crippen LogP contribution in [0, 0.1) is 0 Å². The molecule has 60 valence electrons. The third-order valence-electron chi connectivity index (χ3n) is 2.71. The van der Waals surface area contributed by atoms with Gasteiger partial charge in [-0.1, -0.05) is 0 Å². The topological polar surface area (TPSA) is 0 Å². The molecule has 0 radical (unpaired) electrons. The summed E-state index contributed by atoms with van der Waals surface area (Å²) in [6, 6.07) is 8.81. The van der Waals surface area contributed by atoms with Crippen LogP contribution >= 0.6 is 0 Å². The molecule has 1 aliphatic carbocycles. The fraction of sp³-hybridized carbons (Fsp3) is 0.0833. The molecule has 0 nitrogen and oxygen atoms in total. The van der Waals surface area contributed by atoms with Gasteiger partial charge in [0.25, 0.3) is 0 Å². The van der Waals surface area contributed by atoms with Gasteiger partial charge >= 0.3 is 85.2 Å². The normalized spacial score (nSPS) is 16.9. The van der Waals surface area contributed by atoms with E-state index in [0.29, 0.717) is 0 Å². The molecule has 0 atom stereocenters. The van der Waals surface area contributed by atoms with Gasteiger partial charge in [0, 0.05) is 0 Å². The first kappa shape index (κ1) is 7.60. The molecule has 0 amide bonds. The standard InChI is InChI=1S/C12H9.Ga/c1-2-5-10-8-9-11-6-3-4-7-12(10)11;/h1-7H,9H2;. The van der Waals surface area contributed by atoms with Crippen LogP contribution in [0.3, 0.4) is 0 Å². The van der Waals surface area contributed by atoms with Gasteiger partial charge in [0.15, 0.2) is 0 Å². The molecule has 3 rings (SSSR count). The third-order valence-corrected chi connectivity index (χ3v) is 5.50. The Morgan fingerprint density at radius 2 is 2.08 bits per heavy atom. The molecule has 0 saturated carbocycles. The monoisotopic (exact) mass is 222 g/mol. The minimum absolute atomic E-state index is 0.208. The number of hydrogen-bond acceptors (Lipinski definition) is 0. The van der Waals surface area contributed by atoms with Crippen LogP contribution in [0.25, 0.3) is 5.57 Å². The Bertz CT molecular complexity index is 450. The Labute approximate surface area is 85.3 Å². The van der Waals surface area contributed by atoms with Gasteiger partial charge < -0.3 is 0 Å². The number of allylic oxidation sites excluding steroid dienone is 4. The molecule has 0 N–H and O–H groups in total. The fourth-order valence-electron chi connectivity index (χ4n) is 2.08. The van der Waals surface area contributed by atoms with E-state index in [9.17, 15) is 0 Å². The Kier molecular flexibility index (Phi) is 1.67. The van der Waals surface area contributed by atoms with Gasteiger partial charge in [-0.05, 0) is 0 Å². The van der Waals surface area contributed by atoms with Crippen molar-refractivity contribution in [1.82, 2.24) is 0 Å². The fourth-order valence-corrected chi connectivity index (χ4v) is 4.65. The van der Waals surface area contributed by atoms with Crippen LogP contribution in [0.2, 0.25) is 0 Å². The minimum atomic E-state index is -0.208. The molecular weight excluding hydrogens is 214 g/mol. The van der Waals surface area contributed by atoms with E-state index in [1.807, 2.05) is 0 Å². The van der Waals surface area contributed by atoms with Crippen LogP contribution in [-0.4, -0.2) is 21.5 Å². The molecule has 2 aliphatic rings. The maximum atomic E-state index is 2.40. The zero-order chi connectivity index (χ0) is 8.67. The van der Waals surface area contributed by atoms with E-state index < -0.39 is 0 Å². The van der Waals surface area contributed by atoms with Crippen LogP contribution in [0.4, 0.5) is 0 Å². The van der Waals surface area contributed by atoms with E-state index >= 15 is 0 Å². The first-order chi connectivity index (χ1) is 6.45. The number of benzene rings is 1. The Morgan fingerprint density at radius 1 is 1.15 bits per heavy atom. The van der Waals surface area contributed by atoms with Crippen LogP contribution in [0.15, 0.2) is 40.5 Å². The number of rotatable bonds is 0. The summed E-state index contributed by atoms with van der Waals surface area (Å²) in [5, 5.41) is 0. The van der Waals surface area contributed by atoms with Crippen molar-refractivity contribution >= 4 is 27.1 Å². The van der Waals surface area contributed by atoms with Crippen molar-refractivity contribution in [3.05, 3.63) is 51.7 Å². The molecule has 0 spiro atoms. The Balaban J connectivity index is 2.24. The predicted molar refractivity (Wildman–Crippen MR) is 58.0 cm³/mol. The van der Waals surface area contributed by atoms with Crippen LogP contribution in [0.1, 0.15) is 11.1 Å². The molecule has 0 fully saturated rings. The molecule has 1 aromatic carbocycles. The summed E-state index contributed by atoms with van der Waals surface area (Å²) in [5.41, 5.74) is 4.56. The van der Waals surface area contributed by atoms with E-state index in [1.165, 1.54) is 23.1 Å². The molecule has 1 aliphatic heterocycles. The van der Waals surface area contributed by atoms with E-state index in [2.05, 4.69) is 41.0 Å². The second kappa shape index (κ2) is 2.86. The molecule has 0 bridgehead atoms. The first-order valence-electron chi connectivity index (χ1n) is 4.61. The maximum absolute atomic E-state index is 2.40. The second-order valence-electron chi connectivity index (χ2n) is 3.49. The van der Waals surface area contributed by atoms with Crippen LogP contribution in [-0.2, 0) is 6.42 Å². The summed E-state index contributed by atoms with van der Waals surface area (Å²) in [4.78, 5) is 0. The molecule has 0 aromatic heterocycles. The summed E-state index contributed by atoms with van der Waals surface area (Å²) in [6.07, 6.45) is 5.75. The predicted octanol–water partition coefficient (Wildman–Crippen LogP) is 2.03. The average Bonchev–Trinajstić information content (AvgIpc) is 2.56. The van der Waals surface area contributed by atoms with Gasteiger partial charge in [-0.3, -0.25) is 0 Å². The van der Waals surface area contributed by atoms with Crippen molar-refractivity contribution < 1.29 is 0 Å². The SMILES string of the molecule is C1=CC2=[C](Cc3ccccc32)[Ga]=[CH]1. The van der Waals surface area contributed by atoms with Gasteiger partial charge in [0.05, 0.1) is 0 Å². The van der Waals surface area contributed by atoms with Crippen molar-refractivity contribution in [2.75, 3.05) is 0 Å². The summed E-state index contributed by atoms with van der Waals surface area (Å²) < 4.78 is 4.14. The van der Waals surface area contributed by atoms with Gasteiger partial charge in [-0.25, -0.2) is 0 Å². The molecule has 13 heavy (non-hydrogen) atoms. The molecule has 1 heterocycles. The van der Waals surface area contributed by atoms with Crippen molar-refractivity contribution in [3.8, 4) is 0 Å². The van der Waals surface area contributed by atoms with Gasteiger partial charge in [-0.15, -0.1) is 0 Å². The van der Waals surface area contributed by atoms with Gasteiger partial charge in [0.1, 0.15) is 0 Å². The molecule has 1 aromatic rings. The zero-order valence-electron chi connectivity index (χ0n) is 7.33. The zero-order valence-corrected chi connectivity index (χ0v) is 9.75. The van der Waals surface area contributed by atoms with Gasteiger partial charge in [-0.2, -0.15) is 0 Å². The Morgan fingerprint density at radius 3 is 3.08 bits per heavy atom. The summed E-state index contributed by atoms with van der Waals surface area (Å²) in [7, 11) is 0. The van der Waals surface area contributed by atoms with E-state index in [0.717, 1.165) is 0 Å². The van der Waals surface area contributed by atoms with E-state index in [-0.39, 0.29) is 17.0 Å². The summed E-state index contributed by atoms with van der Waals surface area (Å²) in [6.45, 7) is 0. The quantitative estimate of drug-likeness (QED) is 0.590. The van der Waals surface area contributed by atoms with Crippen molar-refractivity contribution in [2.24, 2.45) is 0 Å². The molecule has 1 heteroatoms. The number of hydrogen-bond donors (Lipinski definition) is 0. The van der Waals surface area contributed by atoms with Crippen LogP contribution < -0.4 is 0 Å². The van der Waals surface area contributed by atoms with Crippen molar-refractivity contribution in [2.45, 2.75) is 6.42 Å². The first-order valence-corrected chi connectivity index (χ1v) is 7.22. The van der Waals surface area contributed by atoms with E-state index in [4.69, 9.17) is 0 Å². The number of fused-ring (bicyclic) bond motifs is 2. The van der Waals surface area contributed by atoms with Crippen molar-refractivity contribution in [1.29, 1.82) is 0 Å². The van der Waals surface area contributed by atoms with E-state index in [1.54, 1.807) is 4.13 Å². The third kappa shape index (κ3) is 1.11.